The van der Waals surface area contributed by atoms with Crippen molar-refractivity contribution < 1.29 is 31.8 Å². The van der Waals surface area contributed by atoms with Crippen molar-refractivity contribution in [3.63, 3.8) is 0 Å². The van der Waals surface area contributed by atoms with Crippen LogP contribution in [0, 0.1) is 6.92 Å². The second kappa shape index (κ2) is 18.9. The summed E-state index contributed by atoms with van der Waals surface area (Å²) in [6, 6.07) is 22.1. The van der Waals surface area contributed by atoms with Crippen LogP contribution in [0.2, 0.25) is 16.6 Å². The van der Waals surface area contributed by atoms with Crippen molar-refractivity contribution in [2.75, 3.05) is 65.1 Å². The van der Waals surface area contributed by atoms with Gasteiger partial charge in [-0.15, -0.1) is 0 Å². The van der Waals surface area contributed by atoms with Crippen LogP contribution >= 0.6 is 0 Å². The lowest BCUT2D eigenvalue weighted by atomic mass is 9.85. The number of piperidine rings is 1. The molecule has 0 N–H and O–H groups in total. The van der Waals surface area contributed by atoms with Gasteiger partial charge in [0.25, 0.3) is 0 Å². The van der Waals surface area contributed by atoms with E-state index in [1.54, 1.807) is 30.7 Å². The second-order valence-corrected chi connectivity index (χ2v) is 23.3. The van der Waals surface area contributed by atoms with Gasteiger partial charge in [-0.2, -0.15) is 4.31 Å². The number of hydrogen-bond acceptors (Lipinski definition) is 8. The van der Waals surface area contributed by atoms with E-state index < -0.39 is 30.5 Å². The fraction of sp³-hybridized carbons (Fsp3) is 0.581. The Morgan fingerprint density at radius 1 is 0.815 bits per heavy atom. The standard InChI is InChI=1S/C43H64N2O7SSi/c1-31(2)54(32(3)4,33(5)6)52-42-29-45(53(46,47)38-18-11-34(7)12-19-38)28-41(43(42)37-16-13-35(14-17-37)21-25-49-9)51-30-36-15-20-40-39(27-36)44(23-26-50-40)22-10-24-48-8/h11-20,27,31-33,41-43H,10,21-26,28-30H2,1-9H3/t41-,42+,43+/m0/s1. The zero-order valence-corrected chi connectivity index (χ0v) is 35.9. The summed E-state index contributed by atoms with van der Waals surface area (Å²) in [6.07, 6.45) is 0.849. The molecule has 0 spiro atoms. The molecule has 0 aromatic heterocycles. The van der Waals surface area contributed by atoms with Crippen LogP contribution in [0.3, 0.4) is 0 Å². The van der Waals surface area contributed by atoms with Gasteiger partial charge in [-0.1, -0.05) is 89.6 Å². The lowest BCUT2D eigenvalue weighted by Crippen LogP contribution is -2.59. The molecule has 54 heavy (non-hydrogen) atoms. The van der Waals surface area contributed by atoms with Gasteiger partial charge >= 0.3 is 0 Å². The lowest BCUT2D eigenvalue weighted by molar-refractivity contribution is -0.0504. The maximum atomic E-state index is 14.5. The topological polar surface area (TPSA) is 86.8 Å². The molecular formula is C43H64N2O7SSi. The average Bonchev–Trinajstić information content (AvgIpc) is 3.15. The monoisotopic (exact) mass is 780 g/mol. The third kappa shape index (κ3) is 9.60. The van der Waals surface area contributed by atoms with E-state index in [9.17, 15) is 8.42 Å². The summed E-state index contributed by atoms with van der Waals surface area (Å²) in [4.78, 5) is 2.64. The summed E-state index contributed by atoms with van der Waals surface area (Å²) in [5.74, 6) is 0.674. The summed E-state index contributed by atoms with van der Waals surface area (Å²) >= 11 is 0. The van der Waals surface area contributed by atoms with Gasteiger partial charge in [0.1, 0.15) is 12.4 Å². The minimum atomic E-state index is -3.86. The molecule has 2 heterocycles. The molecule has 0 amide bonds. The number of aryl methyl sites for hydroxylation is 1. The van der Waals surface area contributed by atoms with Crippen molar-refractivity contribution in [2.24, 2.45) is 0 Å². The number of hydrogen-bond donors (Lipinski definition) is 0. The smallest absolute Gasteiger partial charge is 0.243 e. The summed E-state index contributed by atoms with van der Waals surface area (Å²) in [7, 11) is -2.87. The normalized spacial score (nSPS) is 19.8. The fourth-order valence-electron chi connectivity index (χ4n) is 8.73. The Morgan fingerprint density at radius 3 is 2.07 bits per heavy atom. The molecule has 298 valence electrons. The maximum Gasteiger partial charge on any atom is 0.243 e. The van der Waals surface area contributed by atoms with Crippen molar-refractivity contribution in [1.29, 1.82) is 0 Å². The molecule has 0 aliphatic carbocycles. The number of nitrogens with zero attached hydrogens (tertiary/aromatic N) is 2. The fourth-order valence-corrected chi connectivity index (χ4v) is 15.8. The Bertz CT molecular complexity index is 1710. The number of rotatable bonds is 18. The first-order chi connectivity index (χ1) is 25.8. The van der Waals surface area contributed by atoms with E-state index in [4.69, 9.17) is 23.4 Å². The van der Waals surface area contributed by atoms with E-state index in [1.807, 2.05) is 25.1 Å². The molecule has 3 aromatic rings. The molecular weight excluding hydrogens is 717 g/mol. The number of benzene rings is 3. The minimum absolute atomic E-state index is 0.194. The molecule has 9 nitrogen and oxygen atoms in total. The first-order valence-electron chi connectivity index (χ1n) is 19.7. The van der Waals surface area contributed by atoms with Crippen molar-refractivity contribution >= 4 is 24.0 Å². The Morgan fingerprint density at radius 2 is 1.44 bits per heavy atom. The van der Waals surface area contributed by atoms with Gasteiger partial charge < -0.3 is 28.3 Å². The SMILES string of the molecule is COCCCN1CCOc2ccc(CO[C@H]3CN(S(=O)(=O)c4ccc(C)cc4)C[C@@H](O[Si](C(C)C)(C(C)C)C(C)C)[C@@H]3c3ccc(CCOC)cc3)cc21. The van der Waals surface area contributed by atoms with E-state index in [0.717, 1.165) is 54.1 Å². The molecule has 0 unspecified atom stereocenters. The predicted octanol–water partition coefficient (Wildman–Crippen LogP) is 8.35. The highest BCUT2D eigenvalue weighted by atomic mass is 32.2. The molecule has 11 heteroatoms. The van der Waals surface area contributed by atoms with E-state index in [2.05, 4.69) is 82.8 Å². The highest BCUT2D eigenvalue weighted by Gasteiger charge is 2.51. The summed E-state index contributed by atoms with van der Waals surface area (Å²) in [6.45, 7) is 20.1. The molecule has 0 saturated carbocycles. The minimum Gasteiger partial charge on any atom is -0.490 e. The molecule has 0 bridgehead atoms. The Labute approximate surface area is 326 Å². The van der Waals surface area contributed by atoms with Gasteiger partial charge in [0, 0.05) is 46.4 Å². The van der Waals surface area contributed by atoms with Gasteiger partial charge in [0.05, 0.1) is 42.5 Å². The van der Waals surface area contributed by atoms with E-state index in [-0.39, 0.29) is 23.9 Å². The van der Waals surface area contributed by atoms with Gasteiger partial charge in [0.15, 0.2) is 0 Å². The van der Waals surface area contributed by atoms with Crippen LogP contribution < -0.4 is 9.64 Å². The number of sulfonamides is 1. The van der Waals surface area contributed by atoms with Crippen molar-refractivity contribution in [1.82, 2.24) is 4.31 Å². The van der Waals surface area contributed by atoms with Crippen molar-refractivity contribution in [3.05, 3.63) is 89.0 Å². The van der Waals surface area contributed by atoms with Crippen molar-refractivity contribution in [3.8, 4) is 5.75 Å². The van der Waals surface area contributed by atoms with Crippen molar-refractivity contribution in [2.45, 2.75) is 108 Å². The quantitative estimate of drug-likeness (QED) is 0.0941. The molecule has 2 aliphatic rings. The molecule has 2 aliphatic heterocycles. The molecule has 1 saturated heterocycles. The van der Waals surface area contributed by atoms with Crippen LogP contribution in [0.15, 0.2) is 71.6 Å². The Balaban J connectivity index is 1.56. The third-order valence-corrected chi connectivity index (χ3v) is 19.4. The average molecular weight is 781 g/mol. The third-order valence-electron chi connectivity index (χ3n) is 11.5. The summed E-state index contributed by atoms with van der Waals surface area (Å²) < 4.78 is 62.0. The van der Waals surface area contributed by atoms with E-state index >= 15 is 0 Å². The van der Waals surface area contributed by atoms with Crippen LogP contribution in [0.1, 0.15) is 76.1 Å². The predicted molar refractivity (Wildman–Crippen MR) is 220 cm³/mol. The molecule has 3 aromatic carbocycles. The lowest BCUT2D eigenvalue weighted by Gasteiger charge is -2.50. The summed E-state index contributed by atoms with van der Waals surface area (Å²) in [5, 5.41) is 0. The van der Waals surface area contributed by atoms with Gasteiger partial charge in [-0.05, 0) is 77.3 Å². The van der Waals surface area contributed by atoms with E-state index in [1.165, 1.54) is 5.56 Å². The van der Waals surface area contributed by atoms with Crippen LogP contribution in [0.4, 0.5) is 5.69 Å². The zero-order valence-electron chi connectivity index (χ0n) is 34.0. The first-order valence-corrected chi connectivity index (χ1v) is 23.3. The maximum absolute atomic E-state index is 14.5. The number of anilines is 1. The summed E-state index contributed by atoms with van der Waals surface area (Å²) in [5.41, 5.74) is 6.33. The molecule has 5 rings (SSSR count). The number of ether oxygens (including phenoxy) is 4. The Hall–Kier alpha value is -2.77. The highest BCUT2D eigenvalue weighted by Crippen LogP contribution is 2.47. The van der Waals surface area contributed by atoms with Crippen LogP contribution in [0.5, 0.6) is 5.75 Å². The highest BCUT2D eigenvalue weighted by molar-refractivity contribution is 7.89. The second-order valence-electron chi connectivity index (χ2n) is 16.0. The van der Waals surface area contributed by atoms with Gasteiger partial charge in [0.2, 0.25) is 18.3 Å². The molecule has 0 radical (unpaired) electrons. The zero-order chi connectivity index (χ0) is 39.0. The Kier molecular flexibility index (Phi) is 14.8. The van der Waals surface area contributed by atoms with Crippen LogP contribution in [-0.4, -0.2) is 93.5 Å². The number of methoxy groups -OCH3 is 2. The van der Waals surface area contributed by atoms with Crippen LogP contribution in [0.25, 0.3) is 0 Å². The van der Waals surface area contributed by atoms with Gasteiger partial charge in [-0.25, -0.2) is 8.42 Å². The number of fused-ring (bicyclic) bond motifs is 1. The van der Waals surface area contributed by atoms with E-state index in [0.29, 0.717) is 43.1 Å². The van der Waals surface area contributed by atoms with Gasteiger partial charge in [-0.3, -0.25) is 0 Å². The molecule has 1 fully saturated rings. The largest absolute Gasteiger partial charge is 0.490 e. The first kappa shape index (κ1) is 42.4. The molecule has 3 atom stereocenters. The van der Waals surface area contributed by atoms with Crippen LogP contribution in [-0.2, 0) is 41.7 Å².